The van der Waals surface area contributed by atoms with Crippen molar-refractivity contribution < 1.29 is 23.5 Å². The molecule has 11 nitrogen and oxygen atoms in total. The fourth-order valence-electron chi connectivity index (χ4n) is 4.64. The van der Waals surface area contributed by atoms with Crippen LogP contribution in [0.3, 0.4) is 0 Å². The minimum absolute atomic E-state index is 0.0322. The number of nitrogens with one attached hydrogen (secondary N) is 2. The number of benzene rings is 2. The molecule has 4 amide bonds. The van der Waals surface area contributed by atoms with Crippen molar-refractivity contribution in [1.29, 1.82) is 0 Å². The van der Waals surface area contributed by atoms with E-state index in [-0.39, 0.29) is 12.5 Å². The molecule has 12 heteroatoms. The van der Waals surface area contributed by atoms with Crippen molar-refractivity contribution in [3.63, 3.8) is 0 Å². The summed E-state index contributed by atoms with van der Waals surface area (Å²) >= 11 is 0. The van der Waals surface area contributed by atoms with Crippen molar-refractivity contribution in [2.75, 3.05) is 22.9 Å². The lowest BCUT2D eigenvalue weighted by atomic mass is 10.1. The van der Waals surface area contributed by atoms with E-state index in [4.69, 9.17) is 10.5 Å². The Morgan fingerprint density at radius 2 is 1.77 bits per heavy atom. The lowest BCUT2D eigenvalue weighted by molar-refractivity contribution is 0.0232. The Morgan fingerprint density at radius 3 is 2.50 bits per heavy atom. The topological polar surface area (TPSA) is 144 Å². The number of hydrogen-bond acceptors (Lipinski definition) is 7. The van der Waals surface area contributed by atoms with E-state index in [0.29, 0.717) is 45.9 Å². The van der Waals surface area contributed by atoms with Crippen LogP contribution in [0.25, 0.3) is 11.4 Å². The van der Waals surface area contributed by atoms with Gasteiger partial charge in [-0.25, -0.2) is 28.8 Å². The van der Waals surface area contributed by atoms with Crippen molar-refractivity contribution in [3.05, 3.63) is 89.0 Å². The highest BCUT2D eigenvalue weighted by molar-refractivity contribution is 6.05. The number of amides is 4. The zero-order valence-corrected chi connectivity index (χ0v) is 24.6. The van der Waals surface area contributed by atoms with Crippen LogP contribution in [0.4, 0.5) is 31.3 Å². The van der Waals surface area contributed by atoms with Crippen LogP contribution in [-0.2, 0) is 18.2 Å². The van der Waals surface area contributed by atoms with Gasteiger partial charge in [0, 0.05) is 48.8 Å². The van der Waals surface area contributed by atoms with Gasteiger partial charge in [0.2, 0.25) is 5.95 Å². The molecule has 4 N–H and O–H groups in total. The van der Waals surface area contributed by atoms with Gasteiger partial charge in [0.25, 0.3) is 5.91 Å². The number of hydrogen-bond donors (Lipinski definition) is 3. The third kappa shape index (κ3) is 6.68. The zero-order valence-electron chi connectivity index (χ0n) is 24.6. The number of fused-ring (bicyclic) bond motifs is 1. The zero-order chi connectivity index (χ0) is 31.6. The van der Waals surface area contributed by atoms with Gasteiger partial charge < -0.3 is 25.7 Å². The van der Waals surface area contributed by atoms with Crippen LogP contribution in [0.5, 0.6) is 0 Å². The number of anilines is 3. The predicted octanol–water partition coefficient (Wildman–Crippen LogP) is 5.18. The van der Waals surface area contributed by atoms with Crippen LogP contribution in [0.15, 0.2) is 60.8 Å². The number of carbonyl (C=O) groups is 3. The average Bonchev–Trinajstić information content (AvgIpc) is 3.30. The highest BCUT2D eigenvalue weighted by Crippen LogP contribution is 2.30. The fraction of sp³-hybridized carbons (Fsp3) is 0.219. The predicted molar refractivity (Wildman–Crippen MR) is 163 cm³/mol. The van der Waals surface area contributed by atoms with E-state index >= 15 is 0 Å². The molecule has 2 aromatic carbocycles. The first-order valence-electron chi connectivity index (χ1n) is 13.7. The average molecular weight is 596 g/mol. The number of imide groups is 1. The van der Waals surface area contributed by atoms with Gasteiger partial charge in [-0.2, -0.15) is 0 Å². The number of ether oxygens (including phenoxy) is 1. The van der Waals surface area contributed by atoms with Crippen molar-refractivity contribution >= 4 is 35.4 Å². The molecule has 1 aliphatic rings. The monoisotopic (exact) mass is 595 g/mol. The molecular formula is C32H30FN7O4. The number of urea groups is 1. The van der Waals surface area contributed by atoms with E-state index in [1.807, 2.05) is 11.6 Å². The Balaban J connectivity index is 1.39. The van der Waals surface area contributed by atoms with E-state index in [2.05, 4.69) is 32.4 Å². The number of halogens is 1. The Kier molecular flexibility index (Phi) is 8.05. The molecule has 0 saturated carbocycles. The Hall–Kier alpha value is -5.70. The van der Waals surface area contributed by atoms with E-state index in [9.17, 15) is 18.8 Å². The smallest absolute Gasteiger partial charge is 0.417 e. The number of rotatable bonds is 3. The number of nitrogens with two attached hydrogens (primary N) is 1. The molecule has 0 spiro atoms. The van der Waals surface area contributed by atoms with Gasteiger partial charge in [0.1, 0.15) is 17.1 Å². The first kappa shape index (κ1) is 29.8. The van der Waals surface area contributed by atoms with E-state index in [1.165, 1.54) is 30.5 Å². The standard InChI is InChI=1S/C32H30FN7O4/c1-32(2,3)44-31(43)40-15-14-25-24(28(40)41)17-26(39(25)4)27-20(18-35-29(34)38-27)9-8-19-6-5-7-23(16-19)37-30(42)36-22-12-10-21(33)11-13-22/h5-7,10-13,16-18H,14-15H2,1-4H3,(H2,34,35,38)(H2,36,37,42). The minimum atomic E-state index is -0.739. The molecule has 224 valence electrons. The van der Waals surface area contributed by atoms with Gasteiger partial charge in [-0.15, -0.1) is 0 Å². The quantitative estimate of drug-likeness (QED) is 0.277. The molecule has 44 heavy (non-hydrogen) atoms. The van der Waals surface area contributed by atoms with E-state index in [1.54, 1.807) is 51.1 Å². The van der Waals surface area contributed by atoms with Crippen molar-refractivity contribution in [2.24, 2.45) is 7.05 Å². The maximum absolute atomic E-state index is 13.3. The minimum Gasteiger partial charge on any atom is -0.443 e. The van der Waals surface area contributed by atoms with E-state index in [0.717, 1.165) is 10.6 Å². The largest absolute Gasteiger partial charge is 0.443 e. The maximum Gasteiger partial charge on any atom is 0.417 e. The number of nitrogen functional groups attached to an aromatic ring is 1. The molecule has 1 aliphatic heterocycles. The summed E-state index contributed by atoms with van der Waals surface area (Å²) in [6.45, 7) is 5.41. The molecule has 0 fully saturated rings. The molecule has 0 bridgehead atoms. The molecule has 0 saturated heterocycles. The van der Waals surface area contributed by atoms with Crippen LogP contribution in [0.2, 0.25) is 0 Å². The number of carbonyl (C=O) groups excluding carboxylic acids is 3. The molecule has 0 atom stereocenters. The number of nitrogens with zero attached hydrogens (tertiary/aromatic N) is 4. The summed E-state index contributed by atoms with van der Waals surface area (Å²) in [5, 5.41) is 5.36. The van der Waals surface area contributed by atoms with Gasteiger partial charge in [0.05, 0.1) is 16.8 Å². The summed E-state index contributed by atoms with van der Waals surface area (Å²) < 4.78 is 20.4. The van der Waals surface area contributed by atoms with Crippen LogP contribution in [0, 0.1) is 17.7 Å². The lowest BCUT2D eigenvalue weighted by Gasteiger charge is -2.28. The highest BCUT2D eigenvalue weighted by atomic mass is 19.1. The normalized spacial score (nSPS) is 12.6. The molecule has 4 aromatic rings. The van der Waals surface area contributed by atoms with Crippen molar-refractivity contribution in [1.82, 2.24) is 19.4 Å². The molecule has 3 heterocycles. The van der Waals surface area contributed by atoms with Crippen molar-refractivity contribution in [3.8, 4) is 23.2 Å². The molecular weight excluding hydrogens is 565 g/mol. The maximum atomic E-state index is 13.3. The van der Waals surface area contributed by atoms with E-state index < -0.39 is 29.4 Å². The Bertz CT molecular complexity index is 1830. The van der Waals surface area contributed by atoms with Gasteiger partial charge in [-0.05, 0) is 69.3 Å². The first-order valence-corrected chi connectivity index (χ1v) is 13.7. The second kappa shape index (κ2) is 11.9. The summed E-state index contributed by atoms with van der Waals surface area (Å²) in [7, 11) is 1.81. The van der Waals surface area contributed by atoms with Crippen LogP contribution >= 0.6 is 0 Å². The first-order chi connectivity index (χ1) is 20.9. The Morgan fingerprint density at radius 1 is 1.05 bits per heavy atom. The summed E-state index contributed by atoms with van der Waals surface area (Å²) in [6, 6.07) is 13.5. The molecule has 0 unspecified atom stereocenters. The van der Waals surface area contributed by atoms with Crippen LogP contribution in [-0.4, -0.2) is 49.6 Å². The highest BCUT2D eigenvalue weighted by Gasteiger charge is 2.35. The summed E-state index contributed by atoms with van der Waals surface area (Å²) in [5.74, 6) is 5.32. The molecule has 0 radical (unpaired) electrons. The SMILES string of the molecule is Cn1c(-c2nc(N)ncc2C#Cc2cccc(NC(=O)Nc3ccc(F)cc3)c2)cc2c1CCN(C(=O)OC(C)(C)C)C2=O. The van der Waals surface area contributed by atoms with Gasteiger partial charge in [-0.1, -0.05) is 17.9 Å². The summed E-state index contributed by atoms with van der Waals surface area (Å²) in [6.07, 6.45) is 1.25. The van der Waals surface area contributed by atoms with Crippen LogP contribution < -0.4 is 16.4 Å². The molecule has 0 aliphatic carbocycles. The molecule has 2 aromatic heterocycles. The van der Waals surface area contributed by atoms with Gasteiger partial charge in [-0.3, -0.25) is 4.79 Å². The third-order valence-corrected chi connectivity index (χ3v) is 6.63. The second-order valence-electron chi connectivity index (χ2n) is 11.0. The van der Waals surface area contributed by atoms with Crippen molar-refractivity contribution in [2.45, 2.75) is 32.8 Å². The second-order valence-corrected chi connectivity index (χ2v) is 11.0. The Labute approximate surface area is 253 Å². The third-order valence-electron chi connectivity index (χ3n) is 6.63. The van der Waals surface area contributed by atoms with Crippen LogP contribution in [0.1, 0.15) is 48.0 Å². The summed E-state index contributed by atoms with van der Waals surface area (Å²) in [4.78, 5) is 48.0. The number of aromatic nitrogens is 3. The molecule has 5 rings (SSSR count). The van der Waals surface area contributed by atoms with Gasteiger partial charge >= 0.3 is 12.1 Å². The van der Waals surface area contributed by atoms with Gasteiger partial charge in [0.15, 0.2) is 0 Å². The lowest BCUT2D eigenvalue weighted by Crippen LogP contribution is -2.44. The fourth-order valence-corrected chi connectivity index (χ4v) is 4.64. The summed E-state index contributed by atoms with van der Waals surface area (Å²) in [5.41, 5.74) is 9.32.